The number of benzene rings is 1. The third-order valence-electron chi connectivity index (χ3n) is 5.70. The first kappa shape index (κ1) is 23.8. The van der Waals surface area contributed by atoms with Crippen molar-refractivity contribution in [3.8, 4) is 23.7 Å². The Kier molecular flexibility index (Phi) is 8.64. The fourth-order valence-corrected chi connectivity index (χ4v) is 3.84. The maximum atomic E-state index is 12.2. The van der Waals surface area contributed by atoms with E-state index in [1.54, 1.807) is 0 Å². The number of imide groups is 1. The Morgan fingerprint density at radius 3 is 2.53 bits per heavy atom. The van der Waals surface area contributed by atoms with E-state index in [0.717, 1.165) is 12.0 Å². The van der Waals surface area contributed by atoms with Gasteiger partial charge in [0.15, 0.2) is 0 Å². The fourth-order valence-electron chi connectivity index (χ4n) is 3.84. The average molecular weight is 436 g/mol. The number of hydrogen-bond acceptors (Lipinski definition) is 5. The van der Waals surface area contributed by atoms with E-state index in [2.05, 4.69) is 48.1 Å². The van der Waals surface area contributed by atoms with E-state index in [4.69, 9.17) is 4.74 Å². The minimum absolute atomic E-state index is 0.136. The minimum Gasteiger partial charge on any atom is -0.394 e. The number of hydrogen-bond donors (Lipinski definition) is 3. The van der Waals surface area contributed by atoms with Crippen LogP contribution in [0.1, 0.15) is 50.2 Å². The van der Waals surface area contributed by atoms with E-state index in [0.29, 0.717) is 0 Å². The van der Waals surface area contributed by atoms with Crippen molar-refractivity contribution in [2.45, 2.75) is 63.8 Å². The van der Waals surface area contributed by atoms with Crippen LogP contribution in [0.3, 0.4) is 0 Å². The standard InChI is InChI=1S/C26H29NO5/c1-2-3-4-5-8-18-11-13-19(14-12-18)9-6-7-10-20-15-21(26(31)27-25(20)30)23-16-22(29)24(17-28)32-23/h11-15,21-24,28-29H,2-5,8,16-17H2,1H3,(H,27,30,31). The molecule has 2 aliphatic heterocycles. The molecular weight excluding hydrogens is 406 g/mol. The van der Waals surface area contributed by atoms with Crippen molar-refractivity contribution in [1.82, 2.24) is 5.32 Å². The second kappa shape index (κ2) is 11.6. The van der Waals surface area contributed by atoms with Crippen molar-refractivity contribution in [2.24, 2.45) is 5.92 Å². The first-order valence-corrected chi connectivity index (χ1v) is 11.1. The molecule has 6 nitrogen and oxygen atoms in total. The third kappa shape index (κ3) is 6.31. The summed E-state index contributed by atoms with van der Waals surface area (Å²) in [5.74, 6) is 9.24. The number of amides is 2. The van der Waals surface area contributed by atoms with Gasteiger partial charge in [0.1, 0.15) is 6.10 Å². The number of ether oxygens (including phenoxy) is 1. The fraction of sp³-hybridized carbons (Fsp3) is 0.462. The summed E-state index contributed by atoms with van der Waals surface area (Å²) in [5.41, 5.74) is 2.27. The molecule has 0 aliphatic carbocycles. The Balaban J connectivity index is 1.62. The second-order valence-electron chi connectivity index (χ2n) is 8.13. The highest BCUT2D eigenvalue weighted by molar-refractivity contribution is 6.11. The van der Waals surface area contributed by atoms with Gasteiger partial charge in [-0.2, -0.15) is 0 Å². The van der Waals surface area contributed by atoms with Gasteiger partial charge in [0.25, 0.3) is 5.91 Å². The lowest BCUT2D eigenvalue weighted by molar-refractivity contribution is -0.134. The zero-order chi connectivity index (χ0) is 22.9. The normalized spacial score (nSPS) is 24.7. The molecule has 1 saturated heterocycles. The number of aliphatic hydroxyl groups excluding tert-OH is 2. The van der Waals surface area contributed by atoms with Gasteiger partial charge in [0.2, 0.25) is 5.91 Å². The van der Waals surface area contributed by atoms with Crippen molar-refractivity contribution in [3.63, 3.8) is 0 Å². The summed E-state index contributed by atoms with van der Waals surface area (Å²) in [6, 6.07) is 8.08. The Morgan fingerprint density at radius 1 is 1.09 bits per heavy atom. The van der Waals surface area contributed by atoms with E-state index in [1.807, 2.05) is 12.1 Å². The van der Waals surface area contributed by atoms with Crippen LogP contribution in [0.5, 0.6) is 0 Å². The molecule has 2 aliphatic rings. The molecule has 0 bridgehead atoms. The van der Waals surface area contributed by atoms with Crippen LogP contribution in [0.4, 0.5) is 0 Å². The Labute approximate surface area is 189 Å². The zero-order valence-electron chi connectivity index (χ0n) is 18.3. The highest BCUT2D eigenvalue weighted by Crippen LogP contribution is 2.29. The molecule has 1 fully saturated rings. The van der Waals surface area contributed by atoms with E-state index in [-0.39, 0.29) is 18.6 Å². The van der Waals surface area contributed by atoms with Crippen LogP contribution in [-0.2, 0) is 20.7 Å². The van der Waals surface area contributed by atoms with Crippen molar-refractivity contribution in [2.75, 3.05) is 6.61 Å². The number of nitrogens with one attached hydrogen (secondary N) is 1. The maximum absolute atomic E-state index is 12.2. The number of rotatable bonds is 7. The van der Waals surface area contributed by atoms with Gasteiger partial charge < -0.3 is 14.9 Å². The van der Waals surface area contributed by atoms with Crippen molar-refractivity contribution in [3.05, 3.63) is 47.0 Å². The van der Waals surface area contributed by atoms with Gasteiger partial charge >= 0.3 is 0 Å². The molecule has 2 amide bonds. The van der Waals surface area contributed by atoms with Gasteiger partial charge in [-0.25, -0.2) is 0 Å². The van der Waals surface area contributed by atoms with Gasteiger partial charge in [-0.3, -0.25) is 14.9 Å². The summed E-state index contributed by atoms with van der Waals surface area (Å²) in [6.07, 6.45) is 5.45. The van der Waals surface area contributed by atoms with Crippen molar-refractivity contribution < 1.29 is 24.5 Å². The SMILES string of the molecule is CCCCCCc1ccc(C#CC#CC2=CC(C3CC(O)C(CO)O3)C(=O)NC2=O)cc1. The highest BCUT2D eigenvalue weighted by atomic mass is 16.5. The molecular formula is C26H29NO5. The van der Waals surface area contributed by atoms with E-state index in [9.17, 15) is 19.8 Å². The predicted octanol–water partition coefficient (Wildman–Crippen LogP) is 1.87. The van der Waals surface area contributed by atoms with Crippen LogP contribution in [0.25, 0.3) is 0 Å². The largest absolute Gasteiger partial charge is 0.394 e. The smallest absolute Gasteiger partial charge is 0.266 e. The first-order valence-electron chi connectivity index (χ1n) is 11.1. The van der Waals surface area contributed by atoms with Gasteiger partial charge in [0.05, 0.1) is 30.3 Å². The molecule has 3 rings (SSSR count). The highest BCUT2D eigenvalue weighted by Gasteiger charge is 2.42. The Morgan fingerprint density at radius 2 is 1.84 bits per heavy atom. The van der Waals surface area contributed by atoms with Crippen molar-refractivity contribution >= 4 is 11.8 Å². The van der Waals surface area contributed by atoms with Crippen LogP contribution in [-0.4, -0.2) is 46.9 Å². The van der Waals surface area contributed by atoms with Crippen LogP contribution in [0.2, 0.25) is 0 Å². The first-order chi connectivity index (χ1) is 15.5. The number of carbonyl (C=O) groups is 2. The summed E-state index contributed by atoms with van der Waals surface area (Å²) < 4.78 is 5.55. The van der Waals surface area contributed by atoms with E-state index < -0.39 is 36.0 Å². The monoisotopic (exact) mass is 435 g/mol. The molecule has 1 aromatic carbocycles. The lowest BCUT2D eigenvalue weighted by Crippen LogP contribution is -2.44. The zero-order valence-corrected chi connectivity index (χ0v) is 18.3. The van der Waals surface area contributed by atoms with Gasteiger partial charge in [-0.1, -0.05) is 44.2 Å². The molecule has 4 unspecified atom stereocenters. The summed E-state index contributed by atoms with van der Waals surface area (Å²) >= 11 is 0. The van der Waals surface area contributed by atoms with Gasteiger partial charge in [-0.15, -0.1) is 0 Å². The van der Waals surface area contributed by atoms with Crippen LogP contribution in [0, 0.1) is 29.6 Å². The topological polar surface area (TPSA) is 95.9 Å². The molecule has 0 radical (unpaired) electrons. The summed E-state index contributed by atoms with van der Waals surface area (Å²) in [4.78, 5) is 24.3. The number of aliphatic hydroxyl groups is 2. The predicted molar refractivity (Wildman–Crippen MR) is 120 cm³/mol. The van der Waals surface area contributed by atoms with Crippen LogP contribution in [0.15, 0.2) is 35.9 Å². The lowest BCUT2D eigenvalue weighted by atomic mass is 9.92. The molecule has 2 heterocycles. The molecule has 32 heavy (non-hydrogen) atoms. The number of carbonyl (C=O) groups excluding carboxylic acids is 2. The third-order valence-corrected chi connectivity index (χ3v) is 5.70. The second-order valence-corrected chi connectivity index (χ2v) is 8.13. The molecule has 0 saturated carbocycles. The quantitative estimate of drug-likeness (QED) is 0.345. The lowest BCUT2D eigenvalue weighted by Gasteiger charge is -2.23. The molecule has 1 aromatic rings. The minimum atomic E-state index is -0.855. The van der Waals surface area contributed by atoms with E-state index in [1.165, 1.54) is 37.3 Å². The maximum Gasteiger partial charge on any atom is 0.266 e. The molecule has 3 N–H and O–H groups in total. The molecule has 0 spiro atoms. The Bertz CT molecular complexity index is 973. The molecule has 168 valence electrons. The average Bonchev–Trinajstić information content (AvgIpc) is 3.16. The van der Waals surface area contributed by atoms with Gasteiger partial charge in [-0.05, 0) is 54.4 Å². The number of aryl methyl sites for hydroxylation is 1. The summed E-state index contributed by atoms with van der Waals surface area (Å²) in [7, 11) is 0. The number of unbranched alkanes of at least 4 members (excludes halogenated alkanes) is 3. The summed E-state index contributed by atoms with van der Waals surface area (Å²) in [5, 5.41) is 21.4. The van der Waals surface area contributed by atoms with Crippen LogP contribution < -0.4 is 5.32 Å². The molecule has 0 aromatic heterocycles. The molecule has 4 atom stereocenters. The van der Waals surface area contributed by atoms with Crippen LogP contribution >= 0.6 is 0 Å². The van der Waals surface area contributed by atoms with E-state index >= 15 is 0 Å². The Hall–Kier alpha value is -2.90. The van der Waals surface area contributed by atoms with Gasteiger partial charge in [0, 0.05) is 12.0 Å². The molecule has 6 heteroatoms. The van der Waals surface area contributed by atoms with Crippen molar-refractivity contribution in [1.29, 1.82) is 0 Å². The summed E-state index contributed by atoms with van der Waals surface area (Å²) in [6.45, 7) is 1.87.